The second-order valence-corrected chi connectivity index (χ2v) is 8.87. The molecule has 7 nitrogen and oxygen atoms in total. The summed E-state index contributed by atoms with van der Waals surface area (Å²) in [5.41, 5.74) is -1.23. The molecule has 38 heavy (non-hydrogen) atoms. The zero-order valence-electron chi connectivity index (χ0n) is 23.1. The molecule has 0 bridgehead atoms. The number of fused-ring (bicyclic) bond motifs is 1. The number of hydrogen-bond acceptors (Lipinski definition) is 5. The van der Waals surface area contributed by atoms with Gasteiger partial charge in [0.1, 0.15) is 11.5 Å². The number of piperidine rings is 1. The zero-order chi connectivity index (χ0) is 28.8. The van der Waals surface area contributed by atoms with Crippen LogP contribution in [0.3, 0.4) is 0 Å². The van der Waals surface area contributed by atoms with Gasteiger partial charge in [-0.1, -0.05) is 24.3 Å². The molecule has 0 unspecified atom stereocenters. The summed E-state index contributed by atoms with van der Waals surface area (Å²) >= 11 is 0. The minimum atomic E-state index is -4.87. The molecule has 0 atom stereocenters. The SMILES string of the molecule is Cl.[2H]C([2H])([2H])n1nccc1-c1nnc(N2CCC(N(C)C(=O)c3ccc(F)cc3C(F)(F)F)CC2)c2ccccc12. The van der Waals surface area contributed by atoms with Crippen molar-refractivity contribution in [1.29, 1.82) is 0 Å². The topological polar surface area (TPSA) is 67.2 Å². The van der Waals surface area contributed by atoms with E-state index in [9.17, 15) is 22.4 Å². The van der Waals surface area contributed by atoms with Gasteiger partial charge in [0.25, 0.3) is 5.91 Å². The Labute approximate surface area is 226 Å². The molecule has 0 spiro atoms. The summed E-state index contributed by atoms with van der Waals surface area (Å²) in [7, 11) is 1.45. The van der Waals surface area contributed by atoms with Crippen LogP contribution >= 0.6 is 12.4 Å². The standard InChI is InChI=1S/C26H24F4N6O.ClH/c1-34(25(37)20-8-7-16(27)15-21(20)26(28,29)30)17-10-13-36(14-11-17)24-19-6-4-3-5-18(19)23(32-33-24)22-9-12-31-35(22)2;/h3-9,12,15,17H,10-11,13-14H2,1-2H3;1H/i2D3;. The van der Waals surface area contributed by atoms with Crippen molar-refractivity contribution in [2.75, 3.05) is 25.0 Å². The summed E-state index contributed by atoms with van der Waals surface area (Å²) in [4.78, 5) is 16.3. The second kappa shape index (κ2) is 10.6. The number of halogens is 5. The highest BCUT2D eigenvalue weighted by Gasteiger charge is 2.37. The van der Waals surface area contributed by atoms with Crippen molar-refractivity contribution in [3.8, 4) is 11.4 Å². The third kappa shape index (κ3) is 5.02. The van der Waals surface area contributed by atoms with E-state index in [1.165, 1.54) is 18.1 Å². The first-order valence-corrected chi connectivity index (χ1v) is 11.6. The van der Waals surface area contributed by atoms with Crippen molar-refractivity contribution in [3.63, 3.8) is 0 Å². The fourth-order valence-corrected chi connectivity index (χ4v) is 4.75. The van der Waals surface area contributed by atoms with Crippen LogP contribution < -0.4 is 4.90 Å². The highest BCUT2D eigenvalue weighted by molar-refractivity contribution is 6.00. The molecular weight excluding hydrogens is 524 g/mol. The molecule has 1 fully saturated rings. The van der Waals surface area contributed by atoms with Crippen molar-refractivity contribution < 1.29 is 26.5 Å². The van der Waals surface area contributed by atoms with E-state index in [0.717, 1.165) is 22.2 Å². The lowest BCUT2D eigenvalue weighted by Crippen LogP contribution is -2.46. The molecule has 2 aromatic heterocycles. The van der Waals surface area contributed by atoms with Crippen molar-refractivity contribution in [3.05, 3.63) is 71.7 Å². The maximum Gasteiger partial charge on any atom is 0.417 e. The number of aromatic nitrogens is 4. The summed E-state index contributed by atoms with van der Waals surface area (Å²) < 4.78 is 78.1. The van der Waals surface area contributed by atoms with Gasteiger partial charge in [-0.15, -0.1) is 22.6 Å². The van der Waals surface area contributed by atoms with Gasteiger partial charge in [0.15, 0.2) is 5.82 Å². The van der Waals surface area contributed by atoms with Gasteiger partial charge < -0.3 is 9.80 Å². The van der Waals surface area contributed by atoms with Crippen LogP contribution in [0.5, 0.6) is 0 Å². The maximum atomic E-state index is 13.5. The van der Waals surface area contributed by atoms with E-state index in [0.29, 0.717) is 54.6 Å². The first kappa shape index (κ1) is 23.4. The van der Waals surface area contributed by atoms with Crippen molar-refractivity contribution >= 4 is 34.9 Å². The van der Waals surface area contributed by atoms with E-state index < -0.39 is 36.0 Å². The molecule has 200 valence electrons. The molecule has 1 aliphatic rings. The molecular formula is C26H25ClF4N6O. The third-order valence-electron chi connectivity index (χ3n) is 6.70. The largest absolute Gasteiger partial charge is 0.417 e. The van der Waals surface area contributed by atoms with E-state index in [-0.39, 0.29) is 18.4 Å². The number of alkyl halides is 3. The lowest BCUT2D eigenvalue weighted by atomic mass is 10.00. The van der Waals surface area contributed by atoms with Crippen LogP contribution in [0.25, 0.3) is 22.2 Å². The Hall–Kier alpha value is -3.73. The van der Waals surface area contributed by atoms with Crippen LogP contribution in [0.1, 0.15) is 32.9 Å². The fraction of sp³-hybridized carbons (Fsp3) is 0.308. The number of anilines is 1. The van der Waals surface area contributed by atoms with Gasteiger partial charge in [-0.25, -0.2) is 4.39 Å². The van der Waals surface area contributed by atoms with E-state index in [1.54, 1.807) is 6.07 Å². The molecule has 1 amide bonds. The van der Waals surface area contributed by atoms with Crippen LogP contribution in [0.2, 0.25) is 0 Å². The van der Waals surface area contributed by atoms with E-state index in [4.69, 9.17) is 4.11 Å². The van der Waals surface area contributed by atoms with Gasteiger partial charge in [-0.3, -0.25) is 9.48 Å². The Bertz CT molecular complexity index is 1570. The molecule has 1 saturated heterocycles. The highest BCUT2D eigenvalue weighted by atomic mass is 35.5. The van der Waals surface area contributed by atoms with Crippen LogP contribution in [0, 0.1) is 5.82 Å². The summed E-state index contributed by atoms with van der Waals surface area (Å²) in [5.74, 6) is -1.32. The zero-order valence-corrected chi connectivity index (χ0v) is 20.9. The van der Waals surface area contributed by atoms with E-state index in [1.807, 2.05) is 29.2 Å². The van der Waals surface area contributed by atoms with Crippen molar-refractivity contribution in [2.45, 2.75) is 25.1 Å². The van der Waals surface area contributed by atoms with Crippen LogP contribution in [0.4, 0.5) is 23.4 Å². The predicted molar refractivity (Wildman–Crippen MR) is 138 cm³/mol. The highest BCUT2D eigenvalue weighted by Crippen LogP contribution is 2.35. The van der Waals surface area contributed by atoms with Crippen molar-refractivity contribution in [1.82, 2.24) is 24.9 Å². The van der Waals surface area contributed by atoms with E-state index in [2.05, 4.69) is 15.3 Å². The van der Waals surface area contributed by atoms with Gasteiger partial charge in [0.05, 0.1) is 16.8 Å². The minimum absolute atomic E-state index is 0. The molecule has 1 aliphatic heterocycles. The Morgan fingerprint density at radius 2 is 1.79 bits per heavy atom. The molecule has 2 aromatic carbocycles. The summed E-state index contributed by atoms with van der Waals surface area (Å²) in [6, 6.07) is 10.6. The number of hydrogen-bond donors (Lipinski definition) is 0. The molecule has 12 heteroatoms. The molecule has 4 aromatic rings. The Balaban J connectivity index is 0.00000387. The van der Waals surface area contributed by atoms with Crippen LogP contribution in [0.15, 0.2) is 54.7 Å². The normalized spacial score (nSPS) is 15.9. The van der Waals surface area contributed by atoms with Gasteiger partial charge in [0, 0.05) is 54.2 Å². The van der Waals surface area contributed by atoms with Gasteiger partial charge in [-0.2, -0.15) is 18.3 Å². The Morgan fingerprint density at radius 1 is 1.08 bits per heavy atom. The lowest BCUT2D eigenvalue weighted by molar-refractivity contribution is -0.138. The number of aryl methyl sites for hydroxylation is 1. The molecule has 0 radical (unpaired) electrons. The number of amides is 1. The molecule has 5 rings (SSSR count). The fourth-order valence-electron chi connectivity index (χ4n) is 4.75. The molecule has 0 saturated carbocycles. The Morgan fingerprint density at radius 3 is 2.47 bits per heavy atom. The van der Waals surface area contributed by atoms with E-state index >= 15 is 0 Å². The average Bonchev–Trinajstić information content (AvgIpc) is 3.42. The summed E-state index contributed by atoms with van der Waals surface area (Å²) in [6.45, 7) is -1.60. The molecule has 3 heterocycles. The Kier molecular flexibility index (Phi) is 6.50. The summed E-state index contributed by atoms with van der Waals surface area (Å²) in [6.07, 6.45) is -2.58. The van der Waals surface area contributed by atoms with Gasteiger partial charge in [0.2, 0.25) is 0 Å². The third-order valence-corrected chi connectivity index (χ3v) is 6.70. The van der Waals surface area contributed by atoms with Crippen LogP contribution in [-0.2, 0) is 13.2 Å². The van der Waals surface area contributed by atoms with Crippen LogP contribution in [-0.4, -0.2) is 57.0 Å². The number of rotatable bonds is 4. The maximum absolute atomic E-state index is 13.5. The smallest absolute Gasteiger partial charge is 0.354 e. The van der Waals surface area contributed by atoms with Crippen molar-refractivity contribution in [2.24, 2.45) is 6.98 Å². The number of carbonyl (C=O) groups excluding carboxylic acids is 1. The first-order chi connectivity index (χ1) is 18.9. The van der Waals surface area contributed by atoms with Gasteiger partial charge in [-0.05, 0) is 37.1 Å². The first-order valence-electron chi connectivity index (χ1n) is 13.1. The lowest BCUT2D eigenvalue weighted by Gasteiger charge is -2.37. The number of benzene rings is 2. The quantitative estimate of drug-likeness (QED) is 0.320. The van der Waals surface area contributed by atoms with Gasteiger partial charge >= 0.3 is 6.18 Å². The predicted octanol–water partition coefficient (Wildman–Crippen LogP) is 5.35. The molecule has 0 aliphatic carbocycles. The minimum Gasteiger partial charge on any atom is -0.354 e. The average molecular weight is 552 g/mol. The number of nitrogens with zero attached hydrogens (tertiary/aromatic N) is 6. The summed E-state index contributed by atoms with van der Waals surface area (Å²) in [5, 5.41) is 14.1. The monoisotopic (exact) mass is 551 g/mol. The second-order valence-electron chi connectivity index (χ2n) is 8.87. The number of carbonyl (C=O) groups is 1. The molecule has 0 N–H and O–H groups in total.